The second-order valence-electron chi connectivity index (χ2n) is 5.14. The number of methoxy groups -OCH3 is 1. The maximum atomic E-state index is 10.1. The van der Waals surface area contributed by atoms with E-state index in [9.17, 15) is 5.11 Å². The SMILES string of the molecule is COC(C)CC(O)c1cccc(CC(C)C)c1. The average Bonchev–Trinajstić information content (AvgIpc) is 2.28. The molecule has 1 aromatic rings. The lowest BCUT2D eigenvalue weighted by molar-refractivity contribution is 0.0559. The zero-order chi connectivity index (χ0) is 12.8. The van der Waals surface area contributed by atoms with Crippen LogP contribution in [0.3, 0.4) is 0 Å². The Labute approximate surface area is 105 Å². The van der Waals surface area contributed by atoms with Crippen LogP contribution < -0.4 is 0 Å². The number of rotatable bonds is 6. The maximum Gasteiger partial charge on any atom is 0.0814 e. The van der Waals surface area contributed by atoms with Crippen molar-refractivity contribution in [2.45, 2.75) is 45.8 Å². The van der Waals surface area contributed by atoms with Crippen molar-refractivity contribution in [3.8, 4) is 0 Å². The molecule has 0 aliphatic carbocycles. The average molecular weight is 236 g/mol. The first-order chi connectivity index (χ1) is 8.02. The van der Waals surface area contributed by atoms with E-state index in [0.717, 1.165) is 12.0 Å². The van der Waals surface area contributed by atoms with Gasteiger partial charge in [0.15, 0.2) is 0 Å². The first-order valence-electron chi connectivity index (χ1n) is 6.32. The van der Waals surface area contributed by atoms with Crippen molar-refractivity contribution in [3.05, 3.63) is 35.4 Å². The van der Waals surface area contributed by atoms with E-state index in [-0.39, 0.29) is 6.10 Å². The Bertz CT molecular complexity index is 333. The van der Waals surface area contributed by atoms with Crippen molar-refractivity contribution >= 4 is 0 Å². The van der Waals surface area contributed by atoms with Gasteiger partial charge in [0.1, 0.15) is 0 Å². The Morgan fingerprint density at radius 2 is 1.94 bits per heavy atom. The summed E-state index contributed by atoms with van der Waals surface area (Å²) in [6.07, 6.45) is 1.35. The second kappa shape index (κ2) is 6.77. The van der Waals surface area contributed by atoms with Crippen LogP contribution in [-0.2, 0) is 11.2 Å². The molecule has 0 amide bonds. The van der Waals surface area contributed by atoms with Crippen LogP contribution in [0.1, 0.15) is 44.4 Å². The smallest absolute Gasteiger partial charge is 0.0814 e. The molecule has 0 heterocycles. The van der Waals surface area contributed by atoms with E-state index in [1.165, 1.54) is 5.56 Å². The number of aliphatic hydroxyl groups is 1. The molecule has 0 spiro atoms. The second-order valence-corrected chi connectivity index (χ2v) is 5.14. The number of aliphatic hydroxyl groups excluding tert-OH is 1. The molecule has 1 aromatic carbocycles. The molecule has 2 heteroatoms. The summed E-state index contributed by atoms with van der Waals surface area (Å²) in [6.45, 7) is 6.38. The predicted octanol–water partition coefficient (Wildman–Crippen LogP) is 3.34. The van der Waals surface area contributed by atoms with Gasteiger partial charge in [0.2, 0.25) is 0 Å². The molecule has 0 aliphatic rings. The summed E-state index contributed by atoms with van der Waals surface area (Å²) in [7, 11) is 1.67. The fourth-order valence-corrected chi connectivity index (χ4v) is 1.95. The van der Waals surface area contributed by atoms with Gasteiger partial charge >= 0.3 is 0 Å². The molecule has 0 aliphatic heterocycles. The Morgan fingerprint density at radius 1 is 1.24 bits per heavy atom. The zero-order valence-electron chi connectivity index (χ0n) is 11.3. The molecule has 2 atom stereocenters. The van der Waals surface area contributed by atoms with Gasteiger partial charge in [-0.3, -0.25) is 0 Å². The number of hydrogen-bond acceptors (Lipinski definition) is 2. The number of ether oxygens (including phenoxy) is 1. The van der Waals surface area contributed by atoms with Crippen LogP contribution in [0.2, 0.25) is 0 Å². The van der Waals surface area contributed by atoms with Crippen LogP contribution in [0.5, 0.6) is 0 Å². The molecule has 2 unspecified atom stereocenters. The van der Waals surface area contributed by atoms with Crippen LogP contribution in [0.15, 0.2) is 24.3 Å². The van der Waals surface area contributed by atoms with E-state index in [1.807, 2.05) is 19.1 Å². The molecule has 1 rings (SSSR count). The van der Waals surface area contributed by atoms with Crippen LogP contribution in [0, 0.1) is 5.92 Å². The third kappa shape index (κ3) is 4.88. The maximum absolute atomic E-state index is 10.1. The highest BCUT2D eigenvalue weighted by Gasteiger charge is 2.12. The van der Waals surface area contributed by atoms with Crippen molar-refractivity contribution in [1.29, 1.82) is 0 Å². The van der Waals surface area contributed by atoms with E-state index in [0.29, 0.717) is 12.3 Å². The molecule has 17 heavy (non-hydrogen) atoms. The van der Waals surface area contributed by atoms with E-state index in [1.54, 1.807) is 7.11 Å². The highest BCUT2D eigenvalue weighted by Crippen LogP contribution is 2.21. The Morgan fingerprint density at radius 3 is 2.53 bits per heavy atom. The summed E-state index contributed by atoms with van der Waals surface area (Å²) >= 11 is 0. The van der Waals surface area contributed by atoms with Gasteiger partial charge in [0.25, 0.3) is 0 Å². The van der Waals surface area contributed by atoms with Gasteiger partial charge in [-0.2, -0.15) is 0 Å². The van der Waals surface area contributed by atoms with Crippen molar-refractivity contribution in [2.24, 2.45) is 5.92 Å². The van der Waals surface area contributed by atoms with Gasteiger partial charge in [0, 0.05) is 13.5 Å². The molecule has 96 valence electrons. The quantitative estimate of drug-likeness (QED) is 0.821. The lowest BCUT2D eigenvalue weighted by Gasteiger charge is -2.16. The molecular formula is C15H24O2. The molecule has 0 aromatic heterocycles. The molecular weight excluding hydrogens is 212 g/mol. The summed E-state index contributed by atoms with van der Waals surface area (Å²) in [5.41, 5.74) is 2.29. The normalized spacial score (nSPS) is 14.9. The van der Waals surface area contributed by atoms with Crippen molar-refractivity contribution < 1.29 is 9.84 Å². The Kier molecular flexibility index (Phi) is 5.66. The highest BCUT2D eigenvalue weighted by atomic mass is 16.5. The van der Waals surface area contributed by atoms with Crippen molar-refractivity contribution in [1.82, 2.24) is 0 Å². The van der Waals surface area contributed by atoms with E-state index < -0.39 is 6.10 Å². The predicted molar refractivity (Wildman–Crippen MR) is 71.0 cm³/mol. The number of hydrogen-bond donors (Lipinski definition) is 1. The van der Waals surface area contributed by atoms with Crippen molar-refractivity contribution in [2.75, 3.05) is 7.11 Å². The summed E-state index contributed by atoms with van der Waals surface area (Å²) in [4.78, 5) is 0. The standard InChI is InChI=1S/C15H24O2/c1-11(2)8-13-6-5-7-14(10-13)15(16)9-12(3)17-4/h5-7,10-12,15-16H,8-9H2,1-4H3. The fraction of sp³-hybridized carbons (Fsp3) is 0.600. The number of benzene rings is 1. The Hall–Kier alpha value is -0.860. The third-order valence-electron chi connectivity index (χ3n) is 2.94. The first-order valence-corrected chi connectivity index (χ1v) is 6.32. The summed E-state index contributed by atoms with van der Waals surface area (Å²) in [5.74, 6) is 0.639. The minimum absolute atomic E-state index is 0.0822. The van der Waals surface area contributed by atoms with Gasteiger partial charge in [0.05, 0.1) is 12.2 Å². The summed E-state index contributed by atoms with van der Waals surface area (Å²) in [5, 5.41) is 10.1. The molecule has 0 saturated heterocycles. The summed E-state index contributed by atoms with van der Waals surface area (Å²) in [6, 6.07) is 8.23. The highest BCUT2D eigenvalue weighted by molar-refractivity contribution is 5.25. The first kappa shape index (κ1) is 14.2. The lowest BCUT2D eigenvalue weighted by Crippen LogP contribution is -2.11. The monoisotopic (exact) mass is 236 g/mol. The Balaban J connectivity index is 2.70. The van der Waals surface area contributed by atoms with Gasteiger partial charge in [-0.25, -0.2) is 0 Å². The molecule has 0 radical (unpaired) electrons. The molecule has 2 nitrogen and oxygen atoms in total. The van der Waals surface area contributed by atoms with Crippen LogP contribution >= 0.6 is 0 Å². The molecule has 1 N–H and O–H groups in total. The van der Waals surface area contributed by atoms with E-state index in [4.69, 9.17) is 4.74 Å². The van der Waals surface area contributed by atoms with Gasteiger partial charge < -0.3 is 9.84 Å². The van der Waals surface area contributed by atoms with Crippen LogP contribution in [-0.4, -0.2) is 18.3 Å². The molecule has 0 fully saturated rings. The van der Waals surface area contributed by atoms with Gasteiger partial charge in [-0.1, -0.05) is 38.1 Å². The van der Waals surface area contributed by atoms with Crippen LogP contribution in [0.4, 0.5) is 0 Å². The van der Waals surface area contributed by atoms with E-state index in [2.05, 4.69) is 26.0 Å². The minimum atomic E-state index is -0.433. The zero-order valence-corrected chi connectivity index (χ0v) is 11.3. The minimum Gasteiger partial charge on any atom is -0.388 e. The van der Waals surface area contributed by atoms with Crippen LogP contribution in [0.25, 0.3) is 0 Å². The lowest BCUT2D eigenvalue weighted by atomic mass is 9.97. The third-order valence-corrected chi connectivity index (χ3v) is 2.94. The largest absolute Gasteiger partial charge is 0.388 e. The molecule has 0 bridgehead atoms. The van der Waals surface area contributed by atoms with Gasteiger partial charge in [-0.15, -0.1) is 0 Å². The molecule has 0 saturated carbocycles. The van der Waals surface area contributed by atoms with Gasteiger partial charge in [-0.05, 0) is 30.4 Å². The van der Waals surface area contributed by atoms with E-state index >= 15 is 0 Å². The summed E-state index contributed by atoms with van der Waals surface area (Å²) < 4.78 is 5.18. The topological polar surface area (TPSA) is 29.5 Å². The van der Waals surface area contributed by atoms with Crippen molar-refractivity contribution in [3.63, 3.8) is 0 Å². The fourth-order valence-electron chi connectivity index (χ4n) is 1.95.